The van der Waals surface area contributed by atoms with Crippen molar-refractivity contribution in [2.24, 2.45) is 5.92 Å². The van der Waals surface area contributed by atoms with Crippen molar-refractivity contribution >= 4 is 17.3 Å². The lowest BCUT2D eigenvalue weighted by Crippen LogP contribution is -2.25. The number of nitrogens with one attached hydrogen (secondary N) is 1. The number of aliphatic hydroxyl groups excluding tert-OH is 1. The molecule has 1 aliphatic heterocycles. The fourth-order valence-electron chi connectivity index (χ4n) is 2.61. The molecule has 112 valence electrons. The van der Waals surface area contributed by atoms with Gasteiger partial charge in [0.15, 0.2) is 0 Å². The van der Waals surface area contributed by atoms with E-state index in [-0.39, 0.29) is 6.61 Å². The molecule has 2 rings (SSSR count). The Morgan fingerprint density at radius 3 is 3.05 bits per heavy atom. The Morgan fingerprint density at radius 1 is 1.50 bits per heavy atom. The van der Waals surface area contributed by atoms with Crippen LogP contribution in [0.2, 0.25) is 5.02 Å². The summed E-state index contributed by atoms with van der Waals surface area (Å²) in [6.45, 7) is 4.38. The fourth-order valence-corrected chi connectivity index (χ4v) is 2.84. The van der Waals surface area contributed by atoms with Crippen molar-refractivity contribution < 1.29 is 9.84 Å². The molecular formula is C15H23ClN2O2. The topological polar surface area (TPSA) is 44.7 Å². The Labute approximate surface area is 125 Å². The van der Waals surface area contributed by atoms with Crippen LogP contribution in [0.5, 0.6) is 0 Å². The average Bonchev–Trinajstić information content (AvgIpc) is 2.93. The number of nitrogens with zero attached hydrogens (tertiary/aromatic N) is 1. The zero-order valence-electron chi connectivity index (χ0n) is 11.9. The Kier molecular flexibility index (Phi) is 6.10. The van der Waals surface area contributed by atoms with Gasteiger partial charge < -0.3 is 20.1 Å². The summed E-state index contributed by atoms with van der Waals surface area (Å²) in [5.41, 5.74) is 2.31. The van der Waals surface area contributed by atoms with E-state index in [0.717, 1.165) is 43.2 Å². The first-order valence-corrected chi connectivity index (χ1v) is 7.47. The normalized spacial score (nSPS) is 18.8. The summed E-state index contributed by atoms with van der Waals surface area (Å²) in [4.78, 5) is 2.32. The van der Waals surface area contributed by atoms with E-state index in [1.807, 2.05) is 12.1 Å². The van der Waals surface area contributed by atoms with Gasteiger partial charge in [-0.1, -0.05) is 17.7 Å². The Bertz CT molecular complexity index is 428. The second-order valence-electron chi connectivity index (χ2n) is 5.19. The molecule has 1 aromatic rings. The molecule has 1 atom stereocenters. The summed E-state index contributed by atoms with van der Waals surface area (Å²) in [6.07, 6.45) is 1.04. The van der Waals surface area contributed by atoms with Gasteiger partial charge in [0.05, 0.1) is 6.61 Å². The van der Waals surface area contributed by atoms with Gasteiger partial charge in [0.2, 0.25) is 0 Å². The first-order valence-electron chi connectivity index (χ1n) is 7.09. The van der Waals surface area contributed by atoms with Gasteiger partial charge in [0.25, 0.3) is 0 Å². The molecule has 1 aromatic carbocycles. The molecule has 0 spiro atoms. The molecule has 1 saturated heterocycles. The number of methoxy groups -OCH3 is 1. The molecule has 1 fully saturated rings. The molecule has 1 unspecified atom stereocenters. The molecule has 20 heavy (non-hydrogen) atoms. The minimum atomic E-state index is 0.262. The highest BCUT2D eigenvalue weighted by Gasteiger charge is 2.24. The maximum Gasteiger partial charge on any atom is 0.0587 e. The molecule has 0 aliphatic carbocycles. The number of rotatable bonds is 7. The van der Waals surface area contributed by atoms with Crippen LogP contribution in [0.25, 0.3) is 0 Å². The first-order chi connectivity index (χ1) is 9.76. The standard InChI is InChI=1S/C15H23ClN2O2/c1-20-8-6-17-9-13-14(16)3-2-4-15(13)18-7-5-12(10-18)11-19/h2-4,12,17,19H,5-11H2,1H3. The molecule has 0 saturated carbocycles. The van der Waals surface area contributed by atoms with Crippen LogP contribution in [-0.2, 0) is 11.3 Å². The van der Waals surface area contributed by atoms with Crippen LogP contribution in [-0.4, -0.2) is 45.1 Å². The van der Waals surface area contributed by atoms with E-state index in [2.05, 4.69) is 16.3 Å². The summed E-state index contributed by atoms with van der Waals surface area (Å²) in [5, 5.41) is 13.4. The van der Waals surface area contributed by atoms with E-state index < -0.39 is 0 Å². The van der Waals surface area contributed by atoms with Crippen molar-refractivity contribution in [1.29, 1.82) is 0 Å². The van der Waals surface area contributed by atoms with E-state index in [0.29, 0.717) is 12.5 Å². The minimum Gasteiger partial charge on any atom is -0.396 e. The third-order valence-electron chi connectivity index (χ3n) is 3.76. The highest BCUT2D eigenvalue weighted by molar-refractivity contribution is 6.31. The lowest BCUT2D eigenvalue weighted by atomic mass is 10.1. The summed E-state index contributed by atoms with van der Waals surface area (Å²) in [5.74, 6) is 0.378. The monoisotopic (exact) mass is 298 g/mol. The summed E-state index contributed by atoms with van der Waals surface area (Å²) < 4.78 is 5.03. The van der Waals surface area contributed by atoms with Crippen molar-refractivity contribution in [3.63, 3.8) is 0 Å². The van der Waals surface area contributed by atoms with Crippen molar-refractivity contribution in [3.05, 3.63) is 28.8 Å². The van der Waals surface area contributed by atoms with Crippen LogP contribution in [0.4, 0.5) is 5.69 Å². The number of anilines is 1. The fraction of sp³-hybridized carbons (Fsp3) is 0.600. The molecular weight excluding hydrogens is 276 g/mol. The van der Waals surface area contributed by atoms with Gasteiger partial charge >= 0.3 is 0 Å². The summed E-state index contributed by atoms with van der Waals surface area (Å²) in [7, 11) is 1.70. The van der Waals surface area contributed by atoms with Gasteiger partial charge in [-0.25, -0.2) is 0 Å². The van der Waals surface area contributed by atoms with Gasteiger partial charge in [-0.2, -0.15) is 0 Å². The summed E-state index contributed by atoms with van der Waals surface area (Å²) >= 11 is 6.34. The maximum atomic E-state index is 9.28. The molecule has 5 heteroatoms. The Morgan fingerprint density at radius 2 is 2.35 bits per heavy atom. The second kappa shape index (κ2) is 7.84. The molecule has 2 N–H and O–H groups in total. The smallest absolute Gasteiger partial charge is 0.0587 e. The lowest BCUT2D eigenvalue weighted by molar-refractivity contribution is 0.199. The molecule has 0 aromatic heterocycles. The van der Waals surface area contributed by atoms with E-state index in [1.54, 1.807) is 7.11 Å². The van der Waals surface area contributed by atoms with Crippen molar-refractivity contribution in [1.82, 2.24) is 5.32 Å². The SMILES string of the molecule is COCCNCc1c(Cl)cccc1N1CCC(CO)C1. The zero-order valence-corrected chi connectivity index (χ0v) is 12.7. The Hall–Kier alpha value is -0.810. The highest BCUT2D eigenvalue weighted by Crippen LogP contribution is 2.31. The molecule has 0 bridgehead atoms. The van der Waals surface area contributed by atoms with Gasteiger partial charge in [-0.15, -0.1) is 0 Å². The van der Waals surface area contributed by atoms with Crippen molar-refractivity contribution in [2.45, 2.75) is 13.0 Å². The van der Waals surface area contributed by atoms with Gasteiger partial charge in [-0.3, -0.25) is 0 Å². The van der Waals surface area contributed by atoms with E-state index in [4.69, 9.17) is 16.3 Å². The predicted molar refractivity (Wildman–Crippen MR) is 82.4 cm³/mol. The number of hydrogen-bond donors (Lipinski definition) is 2. The van der Waals surface area contributed by atoms with Crippen LogP contribution in [0.15, 0.2) is 18.2 Å². The molecule has 4 nitrogen and oxygen atoms in total. The highest BCUT2D eigenvalue weighted by atomic mass is 35.5. The molecule has 1 aliphatic rings. The maximum absolute atomic E-state index is 9.28. The molecule has 0 radical (unpaired) electrons. The van der Waals surface area contributed by atoms with Crippen molar-refractivity contribution in [2.75, 3.05) is 44.9 Å². The van der Waals surface area contributed by atoms with Gasteiger partial charge in [0, 0.05) is 62.1 Å². The van der Waals surface area contributed by atoms with Gasteiger partial charge in [-0.05, 0) is 18.6 Å². The van der Waals surface area contributed by atoms with Crippen LogP contribution < -0.4 is 10.2 Å². The quantitative estimate of drug-likeness (QED) is 0.755. The van der Waals surface area contributed by atoms with Crippen LogP contribution in [0.1, 0.15) is 12.0 Å². The number of hydrogen-bond acceptors (Lipinski definition) is 4. The van der Waals surface area contributed by atoms with Crippen molar-refractivity contribution in [3.8, 4) is 0 Å². The number of ether oxygens (including phenoxy) is 1. The van der Waals surface area contributed by atoms with E-state index >= 15 is 0 Å². The lowest BCUT2D eigenvalue weighted by Gasteiger charge is -2.23. The predicted octanol–water partition coefficient (Wildman–Crippen LogP) is 1.89. The zero-order chi connectivity index (χ0) is 14.4. The number of benzene rings is 1. The van der Waals surface area contributed by atoms with E-state index in [9.17, 15) is 5.11 Å². The average molecular weight is 299 g/mol. The van der Waals surface area contributed by atoms with E-state index in [1.165, 1.54) is 5.69 Å². The largest absolute Gasteiger partial charge is 0.396 e. The Balaban J connectivity index is 2.06. The van der Waals surface area contributed by atoms with Crippen LogP contribution in [0.3, 0.4) is 0 Å². The molecule has 1 heterocycles. The minimum absolute atomic E-state index is 0.262. The van der Waals surface area contributed by atoms with Gasteiger partial charge in [0.1, 0.15) is 0 Å². The van der Waals surface area contributed by atoms with Crippen LogP contribution >= 0.6 is 11.6 Å². The third kappa shape index (κ3) is 3.85. The third-order valence-corrected chi connectivity index (χ3v) is 4.12. The first kappa shape index (κ1) is 15.6. The summed E-state index contributed by atoms with van der Waals surface area (Å²) in [6, 6.07) is 6.03. The molecule has 0 amide bonds. The number of halogens is 1. The van der Waals surface area contributed by atoms with Crippen LogP contribution in [0, 0.1) is 5.92 Å². The second-order valence-corrected chi connectivity index (χ2v) is 5.60. The number of aliphatic hydroxyl groups is 1.